The first kappa shape index (κ1) is 25.2. The third-order valence-electron chi connectivity index (χ3n) is 4.97. The van der Waals surface area contributed by atoms with Crippen LogP contribution in [0.2, 0.25) is 5.02 Å². The molecule has 0 saturated heterocycles. The van der Waals surface area contributed by atoms with Crippen LogP contribution in [0, 0.1) is 0 Å². The number of anilines is 3. The maximum atomic E-state index is 12.7. The van der Waals surface area contributed by atoms with Gasteiger partial charge in [-0.25, -0.2) is 16.8 Å². The molecular formula is C25H20ClN3O5S2. The Hall–Kier alpha value is -3.86. The van der Waals surface area contributed by atoms with Gasteiger partial charge in [0.1, 0.15) is 0 Å². The van der Waals surface area contributed by atoms with Gasteiger partial charge in [0.15, 0.2) is 0 Å². The predicted octanol–water partition coefficient (Wildman–Crippen LogP) is 5.19. The standard InChI is InChI=1S/C25H20ClN3O5S2/c26-24-17-20(29-35(31,32)21-9-5-2-6-10-21)13-16-23(24)25(30)27-18-11-14-22(15-12-18)36(33,34)28-19-7-3-1-4-8-19/h1-17,28-29H,(H,27,30). The molecule has 4 aromatic carbocycles. The molecule has 0 aromatic heterocycles. The van der Waals surface area contributed by atoms with Crippen LogP contribution in [-0.4, -0.2) is 22.7 Å². The average molecular weight is 542 g/mol. The predicted molar refractivity (Wildman–Crippen MR) is 140 cm³/mol. The van der Waals surface area contributed by atoms with Crippen LogP contribution in [0.25, 0.3) is 0 Å². The second-order valence-corrected chi connectivity index (χ2v) is 11.3. The second-order valence-electron chi connectivity index (χ2n) is 7.56. The number of benzene rings is 4. The molecule has 0 aliphatic carbocycles. The Balaban J connectivity index is 1.44. The normalized spacial score (nSPS) is 11.5. The zero-order valence-electron chi connectivity index (χ0n) is 18.6. The molecule has 11 heteroatoms. The van der Waals surface area contributed by atoms with Crippen LogP contribution >= 0.6 is 11.6 Å². The Labute approximate surface area is 214 Å². The average Bonchev–Trinajstić information content (AvgIpc) is 2.85. The summed E-state index contributed by atoms with van der Waals surface area (Å²) in [6.45, 7) is 0. The minimum absolute atomic E-state index is 0.0254. The Morgan fingerprint density at radius 1 is 0.583 bits per heavy atom. The molecule has 0 bridgehead atoms. The summed E-state index contributed by atoms with van der Waals surface area (Å²) in [5, 5.41) is 2.68. The minimum atomic E-state index is -3.81. The lowest BCUT2D eigenvalue weighted by molar-refractivity contribution is 0.102. The summed E-state index contributed by atoms with van der Waals surface area (Å²) < 4.78 is 55.0. The zero-order valence-corrected chi connectivity index (χ0v) is 20.9. The topological polar surface area (TPSA) is 121 Å². The summed E-state index contributed by atoms with van der Waals surface area (Å²) in [6.07, 6.45) is 0. The Kier molecular flexibility index (Phi) is 7.30. The van der Waals surface area contributed by atoms with Crippen LogP contribution in [-0.2, 0) is 20.0 Å². The first-order chi connectivity index (χ1) is 17.1. The number of hydrogen-bond acceptors (Lipinski definition) is 5. The van der Waals surface area contributed by atoms with E-state index in [-0.39, 0.29) is 26.1 Å². The molecule has 0 aliphatic heterocycles. The van der Waals surface area contributed by atoms with Crippen molar-refractivity contribution in [1.82, 2.24) is 0 Å². The fourth-order valence-electron chi connectivity index (χ4n) is 3.21. The minimum Gasteiger partial charge on any atom is -0.322 e. The molecule has 36 heavy (non-hydrogen) atoms. The summed E-state index contributed by atoms with van der Waals surface area (Å²) in [4.78, 5) is 12.8. The van der Waals surface area contributed by atoms with Gasteiger partial charge < -0.3 is 5.32 Å². The van der Waals surface area contributed by atoms with E-state index in [4.69, 9.17) is 11.6 Å². The van der Waals surface area contributed by atoms with E-state index in [0.29, 0.717) is 11.4 Å². The number of nitrogens with one attached hydrogen (secondary N) is 3. The Bertz CT molecular complexity index is 1600. The number of carbonyl (C=O) groups excluding carboxylic acids is 1. The highest BCUT2D eigenvalue weighted by molar-refractivity contribution is 7.93. The number of para-hydroxylation sites is 1. The molecule has 0 spiro atoms. The summed E-state index contributed by atoms with van der Waals surface area (Å²) in [6, 6.07) is 26.1. The molecule has 0 fully saturated rings. The van der Waals surface area contributed by atoms with Crippen LogP contribution in [0.1, 0.15) is 10.4 Å². The molecule has 1 amide bonds. The van der Waals surface area contributed by atoms with Crippen LogP contribution in [0.15, 0.2) is 113 Å². The van der Waals surface area contributed by atoms with Gasteiger partial charge >= 0.3 is 0 Å². The van der Waals surface area contributed by atoms with Crippen molar-refractivity contribution < 1.29 is 21.6 Å². The van der Waals surface area contributed by atoms with Crippen LogP contribution in [0.5, 0.6) is 0 Å². The van der Waals surface area contributed by atoms with Gasteiger partial charge in [0.05, 0.1) is 26.1 Å². The first-order valence-corrected chi connectivity index (χ1v) is 13.9. The lowest BCUT2D eigenvalue weighted by atomic mass is 10.2. The van der Waals surface area contributed by atoms with Crippen molar-refractivity contribution in [3.05, 3.63) is 114 Å². The largest absolute Gasteiger partial charge is 0.322 e. The van der Waals surface area contributed by atoms with Crippen LogP contribution in [0.3, 0.4) is 0 Å². The van der Waals surface area contributed by atoms with Crippen molar-refractivity contribution in [3.8, 4) is 0 Å². The van der Waals surface area contributed by atoms with Gasteiger partial charge in [-0.15, -0.1) is 0 Å². The van der Waals surface area contributed by atoms with E-state index in [1.807, 2.05) is 0 Å². The van der Waals surface area contributed by atoms with Gasteiger partial charge in [0, 0.05) is 11.4 Å². The highest BCUT2D eigenvalue weighted by atomic mass is 35.5. The molecule has 184 valence electrons. The van der Waals surface area contributed by atoms with Crippen LogP contribution in [0.4, 0.5) is 17.1 Å². The Morgan fingerprint density at radius 2 is 1.08 bits per heavy atom. The fraction of sp³-hybridized carbons (Fsp3) is 0. The van der Waals surface area contributed by atoms with Crippen molar-refractivity contribution in [2.45, 2.75) is 9.79 Å². The highest BCUT2D eigenvalue weighted by Gasteiger charge is 2.17. The molecule has 4 rings (SSSR count). The van der Waals surface area contributed by atoms with E-state index in [1.165, 1.54) is 54.6 Å². The molecule has 0 heterocycles. The molecule has 0 atom stereocenters. The van der Waals surface area contributed by atoms with E-state index < -0.39 is 26.0 Å². The lowest BCUT2D eigenvalue weighted by Gasteiger charge is -2.11. The first-order valence-electron chi connectivity index (χ1n) is 10.5. The number of amides is 1. The van der Waals surface area contributed by atoms with Gasteiger partial charge in [-0.2, -0.15) is 0 Å². The summed E-state index contributed by atoms with van der Waals surface area (Å²) in [7, 11) is -7.61. The molecule has 4 aromatic rings. The maximum Gasteiger partial charge on any atom is 0.261 e. The number of rotatable bonds is 8. The third-order valence-corrected chi connectivity index (χ3v) is 8.08. The SMILES string of the molecule is O=C(Nc1ccc(S(=O)(=O)Nc2ccccc2)cc1)c1ccc(NS(=O)(=O)c2ccccc2)cc1Cl. The highest BCUT2D eigenvalue weighted by Crippen LogP contribution is 2.25. The summed E-state index contributed by atoms with van der Waals surface area (Å²) in [5.74, 6) is -0.546. The summed E-state index contributed by atoms with van der Waals surface area (Å²) in [5.41, 5.74) is 1.09. The van der Waals surface area contributed by atoms with Crippen molar-refractivity contribution in [2.75, 3.05) is 14.8 Å². The van der Waals surface area contributed by atoms with E-state index in [9.17, 15) is 21.6 Å². The fourth-order valence-corrected chi connectivity index (χ4v) is 5.61. The monoisotopic (exact) mass is 541 g/mol. The quantitative estimate of drug-likeness (QED) is 0.283. The van der Waals surface area contributed by atoms with Crippen molar-refractivity contribution in [2.24, 2.45) is 0 Å². The summed E-state index contributed by atoms with van der Waals surface area (Å²) >= 11 is 6.24. The lowest BCUT2D eigenvalue weighted by Crippen LogP contribution is -2.15. The van der Waals surface area contributed by atoms with Gasteiger partial charge in [-0.3, -0.25) is 14.2 Å². The third kappa shape index (κ3) is 6.03. The smallest absolute Gasteiger partial charge is 0.261 e. The van der Waals surface area contributed by atoms with Gasteiger partial charge in [-0.05, 0) is 66.7 Å². The maximum absolute atomic E-state index is 12.7. The molecule has 0 aliphatic rings. The molecule has 3 N–H and O–H groups in total. The van der Waals surface area contributed by atoms with Crippen molar-refractivity contribution in [1.29, 1.82) is 0 Å². The van der Waals surface area contributed by atoms with Crippen LogP contribution < -0.4 is 14.8 Å². The zero-order chi connectivity index (χ0) is 25.8. The molecule has 0 unspecified atom stereocenters. The van der Waals surface area contributed by atoms with Crippen molar-refractivity contribution >= 4 is 54.6 Å². The van der Waals surface area contributed by atoms with Gasteiger partial charge in [-0.1, -0.05) is 48.0 Å². The van der Waals surface area contributed by atoms with Gasteiger partial charge in [0.25, 0.3) is 26.0 Å². The molecule has 0 radical (unpaired) electrons. The number of halogens is 1. The van der Waals surface area contributed by atoms with Crippen molar-refractivity contribution in [3.63, 3.8) is 0 Å². The number of hydrogen-bond donors (Lipinski definition) is 3. The van der Waals surface area contributed by atoms with E-state index in [2.05, 4.69) is 14.8 Å². The van der Waals surface area contributed by atoms with Gasteiger partial charge in [0.2, 0.25) is 0 Å². The van der Waals surface area contributed by atoms with E-state index in [1.54, 1.807) is 48.5 Å². The van der Waals surface area contributed by atoms with E-state index in [0.717, 1.165) is 0 Å². The second kappa shape index (κ2) is 10.4. The molecule has 8 nitrogen and oxygen atoms in total. The Morgan fingerprint density at radius 3 is 1.67 bits per heavy atom. The van der Waals surface area contributed by atoms with E-state index >= 15 is 0 Å². The molecule has 0 saturated carbocycles. The molecular weight excluding hydrogens is 522 g/mol. The number of sulfonamides is 2. The number of carbonyl (C=O) groups is 1.